The average Bonchev–Trinajstić information content (AvgIpc) is 2.14. The molecule has 17 heavy (non-hydrogen) atoms. The van der Waals surface area contributed by atoms with E-state index in [-0.39, 0.29) is 0 Å². The molecule has 0 aromatic rings. The number of nitrogens with one attached hydrogen (secondary N) is 1. The molecular weight excluding hydrogens is 216 g/mol. The summed E-state index contributed by atoms with van der Waals surface area (Å²) in [6.45, 7) is 5.92. The maximum Gasteiger partial charge on any atom is 0.323 e. The lowest BCUT2D eigenvalue weighted by atomic mass is 9.71. The highest BCUT2D eigenvalue weighted by Crippen LogP contribution is 2.36. The van der Waals surface area contributed by atoms with Crippen LogP contribution in [-0.4, -0.2) is 48.7 Å². The Morgan fingerprint density at radius 2 is 1.88 bits per heavy atom. The molecule has 0 aliphatic heterocycles. The van der Waals surface area contributed by atoms with Gasteiger partial charge < -0.3 is 15.3 Å². The van der Waals surface area contributed by atoms with E-state index in [0.29, 0.717) is 11.8 Å². The van der Waals surface area contributed by atoms with Gasteiger partial charge in [-0.15, -0.1) is 0 Å². The van der Waals surface area contributed by atoms with Crippen LogP contribution < -0.4 is 5.32 Å². The summed E-state index contributed by atoms with van der Waals surface area (Å²) in [5, 5.41) is 12.8. The molecule has 1 rings (SSSR count). The lowest BCUT2D eigenvalue weighted by Gasteiger charge is -2.40. The highest BCUT2D eigenvalue weighted by molar-refractivity contribution is 5.79. The van der Waals surface area contributed by atoms with Gasteiger partial charge in [0.1, 0.15) is 5.54 Å². The van der Waals surface area contributed by atoms with Gasteiger partial charge in [-0.1, -0.05) is 13.8 Å². The quantitative estimate of drug-likeness (QED) is 0.765. The highest BCUT2D eigenvalue weighted by Gasteiger charge is 2.43. The molecule has 4 heteroatoms. The summed E-state index contributed by atoms with van der Waals surface area (Å²) in [5.41, 5.74) is -0.701. The van der Waals surface area contributed by atoms with Crippen molar-refractivity contribution >= 4 is 5.97 Å². The van der Waals surface area contributed by atoms with Gasteiger partial charge in [0.05, 0.1) is 0 Å². The minimum Gasteiger partial charge on any atom is -0.480 e. The van der Waals surface area contributed by atoms with Crippen molar-refractivity contribution in [3.05, 3.63) is 0 Å². The summed E-state index contributed by atoms with van der Waals surface area (Å²) < 4.78 is 0. The fourth-order valence-corrected chi connectivity index (χ4v) is 3.04. The second-order valence-corrected chi connectivity index (χ2v) is 5.97. The number of carboxylic acids is 1. The van der Waals surface area contributed by atoms with Gasteiger partial charge in [-0.3, -0.25) is 4.79 Å². The summed E-state index contributed by atoms with van der Waals surface area (Å²) in [5.74, 6) is 0.290. The number of carboxylic acid groups (broad SMARTS) is 1. The molecule has 0 amide bonds. The zero-order valence-electron chi connectivity index (χ0n) is 11.5. The van der Waals surface area contributed by atoms with Crippen molar-refractivity contribution in [2.24, 2.45) is 11.8 Å². The Bertz CT molecular complexity index is 256. The third-order valence-electron chi connectivity index (χ3n) is 3.63. The average molecular weight is 242 g/mol. The smallest absolute Gasteiger partial charge is 0.323 e. The van der Waals surface area contributed by atoms with Crippen LogP contribution in [0.15, 0.2) is 0 Å². The third kappa shape index (κ3) is 3.96. The van der Waals surface area contributed by atoms with Crippen LogP contribution in [0.25, 0.3) is 0 Å². The van der Waals surface area contributed by atoms with E-state index >= 15 is 0 Å². The third-order valence-corrected chi connectivity index (χ3v) is 3.63. The van der Waals surface area contributed by atoms with Crippen LogP contribution in [-0.2, 0) is 4.79 Å². The van der Waals surface area contributed by atoms with Crippen LogP contribution in [0.1, 0.15) is 33.1 Å². The Kier molecular flexibility index (Phi) is 4.95. The number of nitrogens with zero attached hydrogens (tertiary/aromatic N) is 1. The SMILES string of the molecule is CC1CC(C)CC(NCCN(C)C)(C(=O)O)C1. The van der Waals surface area contributed by atoms with E-state index in [2.05, 4.69) is 24.1 Å². The first kappa shape index (κ1) is 14.5. The number of carbonyl (C=O) groups is 1. The molecule has 0 spiro atoms. The Morgan fingerprint density at radius 1 is 1.35 bits per heavy atom. The molecule has 100 valence electrons. The fourth-order valence-electron chi connectivity index (χ4n) is 3.04. The highest BCUT2D eigenvalue weighted by atomic mass is 16.4. The van der Waals surface area contributed by atoms with Gasteiger partial charge in [0.15, 0.2) is 0 Å². The van der Waals surface area contributed by atoms with Gasteiger partial charge in [-0.05, 0) is 45.2 Å². The second-order valence-electron chi connectivity index (χ2n) is 5.97. The van der Waals surface area contributed by atoms with Crippen LogP contribution in [0.5, 0.6) is 0 Å². The Balaban J connectivity index is 2.65. The Labute approximate surface area is 104 Å². The first-order valence-electron chi connectivity index (χ1n) is 6.49. The Hall–Kier alpha value is -0.610. The first-order chi connectivity index (χ1) is 7.85. The van der Waals surface area contributed by atoms with Crippen LogP contribution in [0.2, 0.25) is 0 Å². The Morgan fingerprint density at radius 3 is 2.29 bits per heavy atom. The van der Waals surface area contributed by atoms with E-state index in [1.165, 1.54) is 0 Å². The van der Waals surface area contributed by atoms with Gasteiger partial charge in [-0.25, -0.2) is 0 Å². The molecule has 0 radical (unpaired) electrons. The van der Waals surface area contributed by atoms with Crippen molar-refractivity contribution in [2.45, 2.75) is 38.6 Å². The summed E-state index contributed by atoms with van der Waals surface area (Å²) in [4.78, 5) is 13.6. The number of hydrogen-bond acceptors (Lipinski definition) is 3. The monoisotopic (exact) mass is 242 g/mol. The summed E-state index contributed by atoms with van der Waals surface area (Å²) in [6.07, 6.45) is 2.64. The summed E-state index contributed by atoms with van der Waals surface area (Å²) in [7, 11) is 4.00. The van der Waals surface area contributed by atoms with Crippen molar-refractivity contribution in [1.29, 1.82) is 0 Å². The molecule has 0 saturated heterocycles. The van der Waals surface area contributed by atoms with Crippen molar-refractivity contribution in [1.82, 2.24) is 10.2 Å². The standard InChI is InChI=1S/C13H26N2O2/c1-10-7-11(2)9-13(8-10,12(16)17)14-5-6-15(3)4/h10-11,14H,5-9H2,1-4H3,(H,16,17). The van der Waals surface area contributed by atoms with Gasteiger partial charge in [0, 0.05) is 13.1 Å². The number of aliphatic carboxylic acids is 1. The predicted molar refractivity (Wildman–Crippen MR) is 69.1 cm³/mol. The zero-order valence-corrected chi connectivity index (χ0v) is 11.5. The molecule has 0 aromatic heterocycles. The van der Waals surface area contributed by atoms with Crippen LogP contribution in [0.3, 0.4) is 0 Å². The van der Waals surface area contributed by atoms with Crippen molar-refractivity contribution < 1.29 is 9.90 Å². The minimum atomic E-state index is -0.701. The van der Waals surface area contributed by atoms with Crippen molar-refractivity contribution in [3.8, 4) is 0 Å². The molecule has 2 atom stereocenters. The normalized spacial score (nSPS) is 33.9. The zero-order chi connectivity index (χ0) is 13.1. The molecule has 2 unspecified atom stereocenters. The van der Waals surface area contributed by atoms with E-state index < -0.39 is 11.5 Å². The number of hydrogen-bond donors (Lipinski definition) is 2. The lowest BCUT2D eigenvalue weighted by molar-refractivity contribution is -0.148. The van der Waals surface area contributed by atoms with Crippen molar-refractivity contribution in [3.63, 3.8) is 0 Å². The molecule has 1 saturated carbocycles. The van der Waals surface area contributed by atoms with Gasteiger partial charge in [0.25, 0.3) is 0 Å². The van der Waals surface area contributed by atoms with E-state index in [1.807, 2.05) is 14.1 Å². The van der Waals surface area contributed by atoms with E-state index in [9.17, 15) is 9.90 Å². The molecule has 4 nitrogen and oxygen atoms in total. The maximum atomic E-state index is 11.6. The molecule has 0 aromatic carbocycles. The van der Waals surface area contributed by atoms with Crippen LogP contribution >= 0.6 is 0 Å². The number of rotatable bonds is 5. The second kappa shape index (κ2) is 5.83. The van der Waals surface area contributed by atoms with Crippen LogP contribution in [0.4, 0.5) is 0 Å². The number of likely N-dealkylation sites (N-methyl/N-ethyl adjacent to an activating group) is 1. The molecular formula is C13H26N2O2. The molecule has 0 bridgehead atoms. The molecule has 2 N–H and O–H groups in total. The molecule has 1 aliphatic rings. The minimum absolute atomic E-state index is 0.488. The maximum absolute atomic E-state index is 11.6. The largest absolute Gasteiger partial charge is 0.480 e. The predicted octanol–water partition coefficient (Wildman–Crippen LogP) is 1.42. The van der Waals surface area contributed by atoms with Crippen LogP contribution in [0, 0.1) is 11.8 Å². The molecule has 1 fully saturated rings. The van der Waals surface area contributed by atoms with Gasteiger partial charge in [-0.2, -0.15) is 0 Å². The summed E-state index contributed by atoms with van der Waals surface area (Å²) >= 11 is 0. The van der Waals surface area contributed by atoms with Gasteiger partial charge in [0.2, 0.25) is 0 Å². The van der Waals surface area contributed by atoms with E-state index in [0.717, 1.165) is 32.4 Å². The lowest BCUT2D eigenvalue weighted by Crippen LogP contribution is -2.57. The first-order valence-corrected chi connectivity index (χ1v) is 6.49. The summed E-state index contributed by atoms with van der Waals surface area (Å²) in [6, 6.07) is 0. The molecule has 0 heterocycles. The van der Waals surface area contributed by atoms with E-state index in [1.54, 1.807) is 0 Å². The fraction of sp³-hybridized carbons (Fsp3) is 0.923. The van der Waals surface area contributed by atoms with E-state index in [4.69, 9.17) is 0 Å². The van der Waals surface area contributed by atoms with Gasteiger partial charge >= 0.3 is 5.97 Å². The van der Waals surface area contributed by atoms with Crippen molar-refractivity contribution in [2.75, 3.05) is 27.2 Å². The molecule has 1 aliphatic carbocycles. The topological polar surface area (TPSA) is 52.6 Å².